The number of ether oxygens (including phenoxy) is 1. The lowest BCUT2D eigenvalue weighted by Gasteiger charge is -2.29. The number of halogens is 3. The van der Waals surface area contributed by atoms with Gasteiger partial charge in [0.1, 0.15) is 11.8 Å². The van der Waals surface area contributed by atoms with Crippen LogP contribution in [0.1, 0.15) is 31.4 Å². The van der Waals surface area contributed by atoms with Crippen molar-refractivity contribution in [1.29, 1.82) is 0 Å². The number of nitrogens with one attached hydrogen (secondary N) is 1. The summed E-state index contributed by atoms with van der Waals surface area (Å²) in [5.41, 5.74) is 1.61. The molecule has 0 aliphatic rings. The zero-order valence-corrected chi connectivity index (χ0v) is 19.4. The maximum Gasteiger partial charge on any atom is 0.261 e. The highest BCUT2D eigenvalue weighted by molar-refractivity contribution is 6.42. The third kappa shape index (κ3) is 6.79. The van der Waals surface area contributed by atoms with Gasteiger partial charge in [-0.3, -0.25) is 9.59 Å². The summed E-state index contributed by atoms with van der Waals surface area (Å²) in [6.45, 7) is 6.03. The smallest absolute Gasteiger partial charge is 0.261 e. The molecule has 0 bridgehead atoms. The second-order valence-corrected chi connectivity index (χ2v) is 8.16. The zero-order chi connectivity index (χ0) is 22.3. The topological polar surface area (TPSA) is 58.6 Å². The highest BCUT2D eigenvalue weighted by Gasteiger charge is 2.26. The summed E-state index contributed by atoms with van der Waals surface area (Å²) >= 11 is 18.1. The molecule has 0 heterocycles. The van der Waals surface area contributed by atoms with Crippen molar-refractivity contribution in [3.63, 3.8) is 0 Å². The van der Waals surface area contributed by atoms with Gasteiger partial charge >= 0.3 is 0 Å². The van der Waals surface area contributed by atoms with Gasteiger partial charge in [-0.2, -0.15) is 0 Å². The number of benzene rings is 2. The van der Waals surface area contributed by atoms with Crippen molar-refractivity contribution >= 4 is 46.6 Å². The average molecular weight is 472 g/mol. The lowest BCUT2D eigenvalue weighted by atomic mass is 10.1. The second kappa shape index (κ2) is 11.4. The number of amides is 2. The molecule has 30 heavy (non-hydrogen) atoms. The van der Waals surface area contributed by atoms with E-state index < -0.39 is 6.04 Å². The molecule has 0 radical (unpaired) electrons. The van der Waals surface area contributed by atoms with Crippen molar-refractivity contribution in [2.45, 2.75) is 39.8 Å². The molecule has 1 N–H and O–H groups in total. The third-order valence-corrected chi connectivity index (χ3v) is 5.71. The molecule has 162 valence electrons. The molecular weight excluding hydrogens is 447 g/mol. The number of carbonyl (C=O) groups is 2. The quantitative estimate of drug-likeness (QED) is 0.541. The Morgan fingerprint density at radius 1 is 1.07 bits per heavy atom. The second-order valence-electron chi connectivity index (χ2n) is 6.94. The van der Waals surface area contributed by atoms with Gasteiger partial charge in [0.05, 0.1) is 10.0 Å². The molecule has 8 heteroatoms. The molecule has 2 aromatic carbocycles. The molecule has 1 atom stereocenters. The Bertz CT molecular complexity index is 905. The van der Waals surface area contributed by atoms with E-state index in [1.54, 1.807) is 43.3 Å². The fraction of sp³-hybridized carbons (Fsp3) is 0.364. The first-order valence-electron chi connectivity index (χ1n) is 9.63. The third-order valence-electron chi connectivity index (χ3n) is 4.55. The standard InChI is InChI=1S/C22H25Cl3N2O3/c1-4-9-26-22(29)15(3)27(12-16-5-7-19(24)20(25)11-16)21(28)13-30-17-6-8-18(23)14(2)10-17/h5-8,10-11,15H,4,9,12-13H2,1-3H3,(H,26,29)/t15-/m1/s1. The van der Waals surface area contributed by atoms with Crippen LogP contribution in [0, 0.1) is 6.92 Å². The lowest BCUT2D eigenvalue weighted by Crippen LogP contribution is -2.49. The molecule has 2 amide bonds. The number of hydrogen-bond donors (Lipinski definition) is 1. The summed E-state index contributed by atoms with van der Waals surface area (Å²) < 4.78 is 5.65. The Labute approximate surface area is 192 Å². The molecule has 2 aromatic rings. The van der Waals surface area contributed by atoms with Crippen LogP contribution in [0.15, 0.2) is 36.4 Å². The molecule has 2 rings (SSSR count). The zero-order valence-electron chi connectivity index (χ0n) is 17.2. The maximum absolute atomic E-state index is 13.0. The SMILES string of the molecule is CCCNC(=O)[C@@H](C)N(Cc1ccc(Cl)c(Cl)c1)C(=O)COc1ccc(Cl)c(C)c1. The van der Waals surface area contributed by atoms with Crippen LogP contribution in [0.4, 0.5) is 0 Å². The fourth-order valence-corrected chi connectivity index (χ4v) is 3.19. The Morgan fingerprint density at radius 2 is 1.77 bits per heavy atom. The first kappa shape index (κ1) is 24.3. The van der Waals surface area contributed by atoms with E-state index in [2.05, 4.69) is 5.32 Å². The average Bonchev–Trinajstić information content (AvgIpc) is 2.72. The first-order valence-corrected chi connectivity index (χ1v) is 10.8. The van der Waals surface area contributed by atoms with E-state index in [-0.39, 0.29) is 25.0 Å². The summed E-state index contributed by atoms with van der Waals surface area (Å²) in [6.07, 6.45) is 0.804. The Morgan fingerprint density at radius 3 is 2.40 bits per heavy atom. The van der Waals surface area contributed by atoms with Crippen LogP contribution in [-0.4, -0.2) is 35.9 Å². The molecule has 0 aromatic heterocycles. The van der Waals surface area contributed by atoms with E-state index in [0.29, 0.717) is 27.4 Å². The lowest BCUT2D eigenvalue weighted by molar-refractivity contribution is -0.142. The molecule has 0 saturated carbocycles. The van der Waals surface area contributed by atoms with Crippen LogP contribution in [0.25, 0.3) is 0 Å². The number of nitrogens with zero attached hydrogens (tertiary/aromatic N) is 1. The minimum absolute atomic E-state index is 0.194. The van der Waals surface area contributed by atoms with Crippen LogP contribution in [0.5, 0.6) is 5.75 Å². The first-order chi connectivity index (χ1) is 14.2. The Hall–Kier alpha value is -1.95. The summed E-state index contributed by atoms with van der Waals surface area (Å²) in [4.78, 5) is 27.0. The largest absolute Gasteiger partial charge is 0.484 e. The monoisotopic (exact) mass is 470 g/mol. The van der Waals surface area contributed by atoms with E-state index in [9.17, 15) is 9.59 Å². The van der Waals surface area contributed by atoms with Gasteiger partial charge in [0.2, 0.25) is 5.91 Å². The van der Waals surface area contributed by atoms with E-state index in [1.807, 2.05) is 13.8 Å². The molecule has 0 aliphatic carbocycles. The molecule has 0 unspecified atom stereocenters. The summed E-state index contributed by atoms with van der Waals surface area (Å²) in [6, 6.07) is 9.61. The molecule has 0 spiro atoms. The van der Waals surface area contributed by atoms with Gasteiger partial charge < -0.3 is 15.0 Å². The molecule has 5 nitrogen and oxygen atoms in total. The van der Waals surface area contributed by atoms with Gasteiger partial charge in [0.25, 0.3) is 5.91 Å². The van der Waals surface area contributed by atoms with Crippen molar-refractivity contribution in [1.82, 2.24) is 10.2 Å². The number of aryl methyl sites for hydroxylation is 1. The van der Waals surface area contributed by atoms with Gasteiger partial charge in [-0.05, 0) is 61.7 Å². The van der Waals surface area contributed by atoms with Crippen molar-refractivity contribution in [2.75, 3.05) is 13.2 Å². The van der Waals surface area contributed by atoms with Crippen LogP contribution < -0.4 is 10.1 Å². The van der Waals surface area contributed by atoms with Crippen molar-refractivity contribution < 1.29 is 14.3 Å². The Balaban J connectivity index is 2.17. The number of rotatable bonds is 9. The van der Waals surface area contributed by atoms with Crippen molar-refractivity contribution in [2.24, 2.45) is 0 Å². The Kier molecular flexibility index (Phi) is 9.28. The predicted octanol–water partition coefficient (Wildman–Crippen LogP) is 5.28. The highest BCUT2D eigenvalue weighted by atomic mass is 35.5. The van der Waals surface area contributed by atoms with Crippen molar-refractivity contribution in [3.8, 4) is 5.75 Å². The maximum atomic E-state index is 13.0. The van der Waals surface area contributed by atoms with Gasteiger partial charge in [0, 0.05) is 18.1 Å². The van der Waals surface area contributed by atoms with Crippen LogP contribution in [-0.2, 0) is 16.1 Å². The van der Waals surface area contributed by atoms with Gasteiger partial charge in [-0.1, -0.05) is 47.8 Å². The van der Waals surface area contributed by atoms with Crippen LogP contribution in [0.3, 0.4) is 0 Å². The summed E-state index contributed by atoms with van der Waals surface area (Å²) in [5.74, 6) is -0.0248. The molecule has 0 fully saturated rings. The molecular formula is C22H25Cl3N2O3. The van der Waals surface area contributed by atoms with Crippen LogP contribution >= 0.6 is 34.8 Å². The molecule has 0 aliphatic heterocycles. The van der Waals surface area contributed by atoms with E-state index in [4.69, 9.17) is 39.5 Å². The van der Waals surface area contributed by atoms with Crippen molar-refractivity contribution in [3.05, 3.63) is 62.6 Å². The molecule has 0 saturated heterocycles. The van der Waals surface area contributed by atoms with E-state index in [1.165, 1.54) is 4.90 Å². The van der Waals surface area contributed by atoms with E-state index in [0.717, 1.165) is 17.5 Å². The summed E-state index contributed by atoms with van der Waals surface area (Å²) in [7, 11) is 0. The number of carbonyl (C=O) groups excluding carboxylic acids is 2. The summed E-state index contributed by atoms with van der Waals surface area (Å²) in [5, 5.41) is 4.26. The minimum Gasteiger partial charge on any atom is -0.484 e. The minimum atomic E-state index is -0.686. The van der Waals surface area contributed by atoms with Gasteiger partial charge in [-0.15, -0.1) is 0 Å². The fourth-order valence-electron chi connectivity index (χ4n) is 2.75. The predicted molar refractivity (Wildman–Crippen MR) is 121 cm³/mol. The van der Waals surface area contributed by atoms with Gasteiger partial charge in [0.15, 0.2) is 6.61 Å². The van der Waals surface area contributed by atoms with Crippen LogP contribution in [0.2, 0.25) is 15.1 Å². The highest BCUT2D eigenvalue weighted by Crippen LogP contribution is 2.24. The van der Waals surface area contributed by atoms with Gasteiger partial charge in [-0.25, -0.2) is 0 Å². The van der Waals surface area contributed by atoms with E-state index >= 15 is 0 Å². The normalized spacial score (nSPS) is 11.7. The number of hydrogen-bond acceptors (Lipinski definition) is 3.